The first kappa shape index (κ1) is 13.9. The van der Waals surface area contributed by atoms with Gasteiger partial charge >= 0.3 is 6.18 Å². The monoisotopic (exact) mass is 270 g/mol. The second kappa shape index (κ2) is 5.01. The summed E-state index contributed by atoms with van der Waals surface area (Å²) in [5, 5.41) is 9.02. The molecule has 1 aromatic carbocycles. The number of aliphatic hydroxyl groups excluding tert-OH is 1. The zero-order chi connectivity index (χ0) is 13.2. The van der Waals surface area contributed by atoms with Crippen LogP contribution < -0.4 is 9.47 Å². The van der Waals surface area contributed by atoms with Crippen molar-refractivity contribution in [2.24, 2.45) is 0 Å². The average molecular weight is 271 g/mol. The highest BCUT2D eigenvalue weighted by Gasteiger charge is 2.40. The van der Waals surface area contributed by atoms with E-state index < -0.39 is 17.8 Å². The van der Waals surface area contributed by atoms with Crippen molar-refractivity contribution in [3.8, 4) is 11.5 Å². The number of benzene rings is 1. The van der Waals surface area contributed by atoms with E-state index in [2.05, 4.69) is 0 Å². The van der Waals surface area contributed by atoms with Crippen LogP contribution in [0.5, 0.6) is 11.5 Å². The molecule has 0 heterocycles. The summed E-state index contributed by atoms with van der Waals surface area (Å²) >= 11 is 5.72. The van der Waals surface area contributed by atoms with Crippen LogP contribution in [0.1, 0.15) is 11.7 Å². The van der Waals surface area contributed by atoms with Crippen molar-refractivity contribution in [2.75, 3.05) is 14.2 Å². The summed E-state index contributed by atoms with van der Waals surface area (Å²) in [6.45, 7) is 0. The Kier molecular flexibility index (Phi) is 4.11. The van der Waals surface area contributed by atoms with E-state index in [-0.39, 0.29) is 16.5 Å². The Morgan fingerprint density at radius 3 is 2.24 bits per heavy atom. The van der Waals surface area contributed by atoms with Gasteiger partial charge in [-0.05, 0) is 17.7 Å². The number of methoxy groups -OCH3 is 2. The van der Waals surface area contributed by atoms with Crippen LogP contribution in [0.3, 0.4) is 0 Å². The van der Waals surface area contributed by atoms with Gasteiger partial charge in [-0.25, -0.2) is 0 Å². The van der Waals surface area contributed by atoms with Crippen molar-refractivity contribution in [3.63, 3.8) is 0 Å². The Morgan fingerprint density at radius 1 is 1.24 bits per heavy atom. The highest BCUT2D eigenvalue weighted by molar-refractivity contribution is 6.32. The molecule has 3 nitrogen and oxygen atoms in total. The lowest BCUT2D eigenvalue weighted by Crippen LogP contribution is -2.20. The van der Waals surface area contributed by atoms with Gasteiger partial charge in [0.15, 0.2) is 17.6 Å². The predicted octanol–water partition coefficient (Wildman–Crippen LogP) is 2.95. The Balaban J connectivity index is 3.25. The predicted molar refractivity (Wildman–Crippen MR) is 55.6 cm³/mol. The van der Waals surface area contributed by atoms with Crippen LogP contribution in [0.15, 0.2) is 12.1 Å². The van der Waals surface area contributed by atoms with E-state index in [1.807, 2.05) is 0 Å². The molecule has 0 amide bonds. The maximum absolute atomic E-state index is 12.3. The van der Waals surface area contributed by atoms with E-state index in [1.54, 1.807) is 0 Å². The fourth-order valence-corrected chi connectivity index (χ4v) is 1.58. The first-order valence-corrected chi connectivity index (χ1v) is 4.85. The molecule has 0 bridgehead atoms. The summed E-state index contributed by atoms with van der Waals surface area (Å²) in [6.07, 6.45) is -7.37. The Bertz CT molecular complexity index is 407. The van der Waals surface area contributed by atoms with Crippen molar-refractivity contribution in [1.82, 2.24) is 0 Å². The molecule has 1 atom stereocenters. The van der Waals surface area contributed by atoms with Crippen LogP contribution in [0.2, 0.25) is 5.02 Å². The van der Waals surface area contributed by atoms with Crippen LogP contribution in [-0.2, 0) is 0 Å². The zero-order valence-corrected chi connectivity index (χ0v) is 9.76. The molecule has 17 heavy (non-hydrogen) atoms. The molecule has 0 radical (unpaired) electrons. The van der Waals surface area contributed by atoms with Crippen LogP contribution in [0.25, 0.3) is 0 Å². The Hall–Kier alpha value is -1.14. The summed E-state index contributed by atoms with van der Waals surface area (Å²) in [7, 11) is 2.57. The van der Waals surface area contributed by atoms with Gasteiger partial charge < -0.3 is 14.6 Å². The number of halogens is 4. The normalized spacial score (nSPS) is 13.4. The van der Waals surface area contributed by atoms with Gasteiger partial charge in [-0.2, -0.15) is 13.2 Å². The molecule has 1 N–H and O–H groups in total. The molecule has 0 saturated heterocycles. The zero-order valence-electron chi connectivity index (χ0n) is 9.01. The van der Waals surface area contributed by atoms with E-state index in [0.29, 0.717) is 0 Å². The lowest BCUT2D eigenvalue weighted by Gasteiger charge is -2.17. The summed E-state index contributed by atoms with van der Waals surface area (Å²) in [5.41, 5.74) is -0.403. The summed E-state index contributed by atoms with van der Waals surface area (Å²) < 4.78 is 46.7. The molecule has 1 aromatic rings. The molecule has 1 unspecified atom stereocenters. The molecule has 0 fully saturated rings. The number of aliphatic hydroxyl groups is 1. The van der Waals surface area contributed by atoms with Crippen LogP contribution in [0, 0.1) is 0 Å². The minimum absolute atomic E-state index is 0.0262. The van der Waals surface area contributed by atoms with Gasteiger partial charge in [0.05, 0.1) is 19.2 Å². The molecule has 0 spiro atoms. The summed E-state index contributed by atoms with van der Waals surface area (Å²) in [6, 6.07) is 2.02. The smallest absolute Gasteiger partial charge is 0.418 e. The highest BCUT2D eigenvalue weighted by Crippen LogP contribution is 2.41. The third-order valence-electron chi connectivity index (χ3n) is 2.08. The van der Waals surface area contributed by atoms with Crippen LogP contribution in [-0.4, -0.2) is 25.5 Å². The van der Waals surface area contributed by atoms with Crippen molar-refractivity contribution < 1.29 is 27.8 Å². The van der Waals surface area contributed by atoms with E-state index in [1.165, 1.54) is 14.2 Å². The van der Waals surface area contributed by atoms with Gasteiger partial charge in [0.2, 0.25) is 0 Å². The fraction of sp³-hybridized carbons (Fsp3) is 0.400. The highest BCUT2D eigenvalue weighted by atomic mass is 35.5. The molecular weight excluding hydrogens is 261 g/mol. The number of rotatable bonds is 3. The van der Waals surface area contributed by atoms with E-state index in [9.17, 15) is 13.2 Å². The van der Waals surface area contributed by atoms with Gasteiger partial charge in [0.1, 0.15) is 0 Å². The third kappa shape index (κ3) is 2.95. The van der Waals surface area contributed by atoms with Gasteiger partial charge in [0, 0.05) is 0 Å². The molecule has 0 aliphatic carbocycles. The van der Waals surface area contributed by atoms with Crippen molar-refractivity contribution in [1.29, 1.82) is 0 Å². The van der Waals surface area contributed by atoms with Gasteiger partial charge in [-0.1, -0.05) is 11.6 Å². The molecule has 0 saturated carbocycles. The third-order valence-corrected chi connectivity index (χ3v) is 2.36. The number of hydrogen-bond acceptors (Lipinski definition) is 3. The second-order valence-corrected chi connectivity index (χ2v) is 3.59. The molecule has 7 heteroatoms. The molecule has 0 aliphatic heterocycles. The molecule has 0 aliphatic rings. The van der Waals surface area contributed by atoms with Gasteiger partial charge in [0.25, 0.3) is 0 Å². The molecule has 96 valence electrons. The standard InChI is InChI=1S/C10H10ClF3O3/c1-16-7-4-5(9(15)10(12,13)14)3-6(11)8(7)17-2/h3-4,9,15H,1-2H3. The molecular formula is C10H10ClF3O3. The van der Waals surface area contributed by atoms with Crippen molar-refractivity contribution in [2.45, 2.75) is 12.3 Å². The van der Waals surface area contributed by atoms with Crippen molar-refractivity contribution in [3.05, 3.63) is 22.7 Å². The average Bonchev–Trinajstić information content (AvgIpc) is 2.25. The van der Waals surface area contributed by atoms with Crippen LogP contribution in [0.4, 0.5) is 13.2 Å². The summed E-state index contributed by atoms with van der Waals surface area (Å²) in [5.74, 6) is 0.144. The van der Waals surface area contributed by atoms with Crippen molar-refractivity contribution >= 4 is 11.6 Å². The Morgan fingerprint density at radius 2 is 1.82 bits per heavy atom. The summed E-state index contributed by atoms with van der Waals surface area (Å²) in [4.78, 5) is 0. The largest absolute Gasteiger partial charge is 0.493 e. The topological polar surface area (TPSA) is 38.7 Å². The van der Waals surface area contributed by atoms with Crippen LogP contribution >= 0.6 is 11.6 Å². The fourth-order valence-electron chi connectivity index (χ4n) is 1.28. The first-order valence-electron chi connectivity index (χ1n) is 4.47. The first-order chi connectivity index (χ1) is 7.81. The minimum Gasteiger partial charge on any atom is -0.493 e. The Labute approximate surface area is 101 Å². The second-order valence-electron chi connectivity index (χ2n) is 3.18. The lowest BCUT2D eigenvalue weighted by atomic mass is 10.1. The van der Waals surface area contributed by atoms with E-state index in [0.717, 1.165) is 12.1 Å². The molecule has 1 rings (SSSR count). The molecule has 0 aromatic heterocycles. The number of ether oxygens (including phenoxy) is 2. The quantitative estimate of drug-likeness (QED) is 0.918. The van der Waals surface area contributed by atoms with E-state index >= 15 is 0 Å². The minimum atomic E-state index is -4.76. The number of hydrogen-bond donors (Lipinski definition) is 1. The SMILES string of the molecule is COc1cc(C(O)C(F)(F)F)cc(Cl)c1OC. The van der Waals surface area contributed by atoms with Gasteiger partial charge in [-0.3, -0.25) is 0 Å². The maximum atomic E-state index is 12.3. The van der Waals surface area contributed by atoms with Gasteiger partial charge in [-0.15, -0.1) is 0 Å². The maximum Gasteiger partial charge on any atom is 0.418 e. The lowest BCUT2D eigenvalue weighted by molar-refractivity contribution is -0.206. The van der Waals surface area contributed by atoms with E-state index in [4.69, 9.17) is 26.2 Å². The number of alkyl halides is 3.